The van der Waals surface area contributed by atoms with Gasteiger partial charge in [-0.1, -0.05) is 0 Å². The van der Waals surface area contributed by atoms with Gasteiger partial charge in [-0.25, -0.2) is 0 Å². The van der Waals surface area contributed by atoms with E-state index in [4.69, 9.17) is 5.11 Å². The van der Waals surface area contributed by atoms with Gasteiger partial charge in [0.15, 0.2) is 0 Å². The van der Waals surface area contributed by atoms with Gasteiger partial charge in [-0.2, -0.15) is 0 Å². The van der Waals surface area contributed by atoms with Gasteiger partial charge in [-0.3, -0.25) is 0 Å². The van der Waals surface area contributed by atoms with Crippen LogP contribution >= 0.6 is 0 Å². The minimum absolute atomic E-state index is 0.213. The summed E-state index contributed by atoms with van der Waals surface area (Å²) in [6.07, 6.45) is 0. The molecule has 0 aliphatic rings. The second-order valence-corrected chi connectivity index (χ2v) is 3.94. The van der Waals surface area contributed by atoms with Crippen LogP contribution < -0.4 is 0 Å². The van der Waals surface area contributed by atoms with E-state index in [1.807, 2.05) is 0 Å². The third kappa shape index (κ3) is 4.30. The number of aliphatic hydroxyl groups is 1. The molecule has 0 atom stereocenters. The van der Waals surface area contributed by atoms with E-state index in [1.165, 1.54) is 0 Å². The third-order valence-electron chi connectivity index (χ3n) is 0.616. The molecule has 5 nitrogen and oxygen atoms in total. The van der Waals surface area contributed by atoms with Gasteiger partial charge >= 0.3 is 96.4 Å². The molecule has 1 N–H and O–H groups in total. The Morgan fingerprint density at radius 1 is 1.36 bits per heavy atom. The Kier molecular flexibility index (Phi) is 6.60. The summed E-state index contributed by atoms with van der Waals surface area (Å²) in [5.41, 5.74) is 0. The Morgan fingerprint density at radius 3 is 2.27 bits per heavy atom. The number of carbonyl (C=O) groups is 1. The van der Waals surface area contributed by atoms with Crippen molar-refractivity contribution in [1.29, 1.82) is 0 Å². The number of aliphatic hydroxyl groups excluding tert-OH is 1. The van der Waals surface area contributed by atoms with E-state index in [1.54, 1.807) is 0 Å². The van der Waals surface area contributed by atoms with E-state index < -0.39 is 5.91 Å². The van der Waals surface area contributed by atoms with Crippen molar-refractivity contribution in [1.82, 2.24) is 0 Å². The Morgan fingerprint density at radius 2 is 1.91 bits per heavy atom. The summed E-state index contributed by atoms with van der Waals surface area (Å²) in [4.78, 5) is 10.8. The summed E-state index contributed by atoms with van der Waals surface area (Å²) in [6.45, 7) is 0. The van der Waals surface area contributed by atoms with Crippen molar-refractivity contribution in [3.63, 3.8) is 0 Å². The average molecular weight is 663 g/mol. The molecule has 0 saturated heterocycles. The van der Waals surface area contributed by atoms with E-state index in [9.17, 15) is 4.79 Å². The quantitative estimate of drug-likeness (QED) is 0.253. The Balaban J connectivity index is 4.49. The van der Waals surface area contributed by atoms with E-state index >= 15 is 0 Å². The van der Waals surface area contributed by atoms with Crippen LogP contribution in [0.25, 0.3) is 0 Å². The molecule has 0 heterocycles. The monoisotopic (exact) mass is 663 g/mol. The fraction of sp³-hybridized carbons (Fsp3) is 0. The number of carbonyl (C=O) groups excluding carboxylic acids is 1. The van der Waals surface area contributed by atoms with Gasteiger partial charge in [0.05, 0.1) is 0 Å². The van der Waals surface area contributed by atoms with Gasteiger partial charge in [-0.15, -0.1) is 0 Å². The molecule has 8 heteroatoms. The van der Waals surface area contributed by atoms with Gasteiger partial charge < -0.3 is 0 Å². The summed E-state index contributed by atoms with van der Waals surface area (Å²) in [7, 11) is 0. The first-order valence-corrected chi connectivity index (χ1v) is 6.23. The van der Waals surface area contributed by atoms with Crippen molar-refractivity contribution < 1.29 is 68.5 Å². The molecular weight excluding hydrogens is 662 g/mol. The SMILES string of the molecule is O=C([N]=[W])[C](=[W])C(O)=N[N]=[W]. The van der Waals surface area contributed by atoms with Crippen LogP contribution in [-0.2, 0) is 63.4 Å². The van der Waals surface area contributed by atoms with Crippen LogP contribution in [0.15, 0.2) is 12.2 Å². The van der Waals surface area contributed by atoms with Crippen LogP contribution in [0.1, 0.15) is 0 Å². The predicted molar refractivity (Wildman–Crippen MR) is 24.9 cm³/mol. The molecule has 0 aromatic carbocycles. The van der Waals surface area contributed by atoms with Crippen molar-refractivity contribution in [3.8, 4) is 0 Å². The first-order chi connectivity index (χ1) is 5.13. The molecular formula is C3HN3O2W3. The van der Waals surface area contributed by atoms with Gasteiger partial charge in [-0.05, 0) is 0 Å². The maximum absolute atomic E-state index is 10.8. The van der Waals surface area contributed by atoms with Gasteiger partial charge in [0.2, 0.25) is 0 Å². The zero-order chi connectivity index (χ0) is 8.85. The van der Waals surface area contributed by atoms with Crippen molar-refractivity contribution >= 4 is 15.7 Å². The van der Waals surface area contributed by atoms with Crippen molar-refractivity contribution in [3.05, 3.63) is 0 Å². The number of hydrogen-bond donors (Lipinski definition) is 1. The first kappa shape index (κ1) is 11.7. The molecule has 0 rings (SSSR count). The zero-order valence-corrected chi connectivity index (χ0v) is 13.7. The summed E-state index contributed by atoms with van der Waals surface area (Å²) in [5.74, 6) is -0.722. The molecule has 0 aliphatic carbocycles. The molecule has 0 aliphatic heterocycles. The van der Waals surface area contributed by atoms with Crippen molar-refractivity contribution in [2.75, 3.05) is 0 Å². The number of hydrogen-bond acceptors (Lipinski definition) is 3. The van der Waals surface area contributed by atoms with Crippen LogP contribution in [0.5, 0.6) is 0 Å². The molecule has 1 amide bonds. The molecule has 0 bridgehead atoms. The van der Waals surface area contributed by atoms with Crippen LogP contribution in [0.4, 0.5) is 0 Å². The van der Waals surface area contributed by atoms with Crippen LogP contribution in [-0.4, -0.2) is 20.8 Å². The van der Waals surface area contributed by atoms with Gasteiger partial charge in [0.1, 0.15) is 0 Å². The zero-order valence-electron chi connectivity index (χ0n) is 4.92. The standard InChI is InChI=1S/C3HN3O2.3W/c4-2(7)1-3(8)6-5;;;/h(H,6,8);;;. The summed E-state index contributed by atoms with van der Waals surface area (Å²) in [6, 6.07) is 0. The molecule has 58 valence electrons. The molecule has 0 spiro atoms. The topological polar surface area (TPSA) is 74.4 Å². The maximum atomic E-state index is 10.8. The molecule has 0 unspecified atom stereocenters. The average Bonchev–Trinajstić information content (AvgIpc) is 2.02. The van der Waals surface area contributed by atoms with Gasteiger partial charge in [0, 0.05) is 0 Å². The van der Waals surface area contributed by atoms with Crippen LogP contribution in [0.3, 0.4) is 0 Å². The molecule has 11 heavy (non-hydrogen) atoms. The van der Waals surface area contributed by atoms with E-state index in [0.717, 1.165) is 58.6 Å². The van der Waals surface area contributed by atoms with Crippen molar-refractivity contribution in [2.24, 2.45) is 12.2 Å². The fourth-order valence-corrected chi connectivity index (χ4v) is 2.04. The van der Waals surface area contributed by atoms with E-state index in [-0.39, 0.29) is 9.80 Å². The number of nitrogens with zero attached hydrogens (tertiary/aromatic N) is 3. The van der Waals surface area contributed by atoms with E-state index in [2.05, 4.69) is 12.2 Å². The Labute approximate surface area is 95.6 Å². The van der Waals surface area contributed by atoms with Crippen molar-refractivity contribution in [2.45, 2.75) is 0 Å². The summed E-state index contributed by atoms with van der Waals surface area (Å²) >= 11 is 2.53. The molecule has 0 radical (unpaired) electrons. The number of amides is 1. The Bertz CT molecular complexity index is 248. The normalized spacial score (nSPS) is 10.4. The first-order valence-electron chi connectivity index (χ1n) is 2.14. The number of rotatable bonds is 3. The van der Waals surface area contributed by atoms with E-state index in [0.29, 0.717) is 0 Å². The predicted octanol–water partition coefficient (Wildman–Crippen LogP) is -0.435. The second-order valence-electron chi connectivity index (χ2n) is 1.23. The van der Waals surface area contributed by atoms with Crippen LogP contribution in [0.2, 0.25) is 0 Å². The molecule has 0 aromatic rings. The third-order valence-corrected chi connectivity index (χ3v) is 2.79. The Hall–Kier alpha value is 0.675. The molecule has 0 aromatic heterocycles. The fourth-order valence-electron chi connectivity index (χ4n) is 0.221. The summed E-state index contributed by atoms with van der Waals surface area (Å²) < 4.78 is 7.06. The van der Waals surface area contributed by atoms with Crippen LogP contribution in [0, 0.1) is 0 Å². The van der Waals surface area contributed by atoms with Gasteiger partial charge in [0.25, 0.3) is 0 Å². The molecule has 0 saturated carbocycles. The second kappa shape index (κ2) is 6.22. The minimum atomic E-state index is -0.407. The summed E-state index contributed by atoms with van der Waals surface area (Å²) in [5, 5.41) is 12.3. The molecule has 0 fully saturated rings.